The monoisotopic (exact) mass is 256 g/mol. The summed E-state index contributed by atoms with van der Waals surface area (Å²) in [5, 5.41) is 0.483. The van der Waals surface area contributed by atoms with Gasteiger partial charge >= 0.3 is 5.97 Å². The van der Waals surface area contributed by atoms with Crippen LogP contribution in [0.4, 0.5) is 0 Å². The Bertz CT molecular complexity index is 385. The van der Waals surface area contributed by atoms with E-state index in [0.29, 0.717) is 11.7 Å². The van der Waals surface area contributed by atoms with E-state index in [0.717, 1.165) is 12.1 Å². The van der Waals surface area contributed by atoms with E-state index < -0.39 is 0 Å². The van der Waals surface area contributed by atoms with Gasteiger partial charge < -0.3 is 9.64 Å². The molecule has 1 heterocycles. The second-order valence-electron chi connectivity index (χ2n) is 4.11. The van der Waals surface area contributed by atoms with Gasteiger partial charge in [0.15, 0.2) is 0 Å². The second kappa shape index (κ2) is 6.57. The van der Waals surface area contributed by atoms with Crippen LogP contribution in [-0.4, -0.2) is 36.6 Å². The summed E-state index contributed by atoms with van der Waals surface area (Å²) in [6, 6.07) is 3.73. The second-order valence-corrected chi connectivity index (χ2v) is 4.50. The van der Waals surface area contributed by atoms with Gasteiger partial charge in [-0.05, 0) is 24.7 Å². The number of esters is 1. The zero-order valence-electron chi connectivity index (χ0n) is 10.3. The Balaban J connectivity index is 2.49. The number of methoxy groups -OCH3 is 1. The Labute approximate surface area is 107 Å². The Morgan fingerprint density at radius 3 is 2.94 bits per heavy atom. The fraction of sp³-hybridized carbons (Fsp3) is 0.500. The van der Waals surface area contributed by atoms with Gasteiger partial charge in [-0.2, -0.15) is 0 Å². The van der Waals surface area contributed by atoms with Crippen molar-refractivity contribution in [2.24, 2.45) is 5.92 Å². The summed E-state index contributed by atoms with van der Waals surface area (Å²) in [5.41, 5.74) is 1.07. The third kappa shape index (κ3) is 4.71. The highest BCUT2D eigenvalue weighted by Gasteiger charge is 2.15. The molecule has 0 saturated carbocycles. The summed E-state index contributed by atoms with van der Waals surface area (Å²) in [6.07, 6.45) is 1.68. The molecular weight excluding hydrogens is 240 g/mol. The van der Waals surface area contributed by atoms with Crippen LogP contribution in [0.1, 0.15) is 12.5 Å². The largest absolute Gasteiger partial charge is 0.469 e. The maximum atomic E-state index is 11.3. The van der Waals surface area contributed by atoms with Gasteiger partial charge in [0.2, 0.25) is 0 Å². The molecule has 0 aliphatic carbocycles. The summed E-state index contributed by atoms with van der Waals surface area (Å²) in [4.78, 5) is 17.2. The molecule has 5 heteroatoms. The first-order valence-electron chi connectivity index (χ1n) is 5.39. The first kappa shape index (κ1) is 13.9. The lowest BCUT2D eigenvalue weighted by atomic mass is 10.1. The molecule has 0 N–H and O–H groups in total. The summed E-state index contributed by atoms with van der Waals surface area (Å²) >= 11 is 5.80. The summed E-state index contributed by atoms with van der Waals surface area (Å²) in [6.45, 7) is 3.22. The van der Waals surface area contributed by atoms with Crippen LogP contribution in [0.5, 0.6) is 0 Å². The van der Waals surface area contributed by atoms with Crippen LogP contribution < -0.4 is 0 Å². The van der Waals surface area contributed by atoms with Gasteiger partial charge in [0.1, 0.15) is 5.15 Å². The Morgan fingerprint density at radius 2 is 2.35 bits per heavy atom. The Morgan fingerprint density at radius 1 is 1.65 bits per heavy atom. The van der Waals surface area contributed by atoms with Crippen LogP contribution in [0.25, 0.3) is 0 Å². The van der Waals surface area contributed by atoms with Crippen molar-refractivity contribution in [1.82, 2.24) is 9.88 Å². The quantitative estimate of drug-likeness (QED) is 0.597. The number of pyridine rings is 1. The number of carbonyl (C=O) groups is 1. The molecule has 1 aromatic heterocycles. The smallest absolute Gasteiger partial charge is 0.309 e. The Kier molecular flexibility index (Phi) is 5.38. The van der Waals surface area contributed by atoms with Crippen LogP contribution in [0.15, 0.2) is 18.3 Å². The summed E-state index contributed by atoms with van der Waals surface area (Å²) in [5.74, 6) is -0.327. The first-order valence-corrected chi connectivity index (χ1v) is 5.77. The van der Waals surface area contributed by atoms with E-state index in [1.54, 1.807) is 6.20 Å². The molecule has 0 spiro atoms. The molecule has 1 rings (SSSR count). The average Bonchev–Trinajstić information content (AvgIpc) is 2.27. The van der Waals surface area contributed by atoms with Crippen molar-refractivity contribution in [3.05, 3.63) is 29.0 Å². The maximum absolute atomic E-state index is 11.3. The fourth-order valence-corrected chi connectivity index (χ4v) is 1.86. The number of halogens is 1. The van der Waals surface area contributed by atoms with Crippen molar-refractivity contribution in [2.75, 3.05) is 20.7 Å². The lowest BCUT2D eigenvalue weighted by Crippen LogP contribution is -2.29. The van der Waals surface area contributed by atoms with Gasteiger partial charge in [0.25, 0.3) is 0 Å². The molecule has 94 valence electrons. The maximum Gasteiger partial charge on any atom is 0.309 e. The van der Waals surface area contributed by atoms with E-state index in [1.165, 1.54) is 7.11 Å². The molecule has 0 fully saturated rings. The first-order chi connectivity index (χ1) is 8.02. The highest BCUT2D eigenvalue weighted by molar-refractivity contribution is 6.29. The number of nitrogens with zero attached hydrogens (tertiary/aromatic N) is 2. The van der Waals surface area contributed by atoms with Crippen molar-refractivity contribution in [2.45, 2.75) is 13.5 Å². The standard InChI is InChI=1S/C12H17ClN2O2/c1-9(12(16)17-3)7-15(2)8-10-4-5-14-11(13)6-10/h4-6,9H,7-8H2,1-3H3. The minimum Gasteiger partial charge on any atom is -0.469 e. The van der Waals surface area contributed by atoms with E-state index >= 15 is 0 Å². The molecule has 1 unspecified atom stereocenters. The van der Waals surface area contributed by atoms with Crippen molar-refractivity contribution in [1.29, 1.82) is 0 Å². The number of aromatic nitrogens is 1. The number of ether oxygens (including phenoxy) is 1. The normalized spacial score (nSPS) is 12.5. The molecule has 1 aromatic rings. The van der Waals surface area contributed by atoms with Crippen molar-refractivity contribution < 1.29 is 9.53 Å². The van der Waals surface area contributed by atoms with Crippen molar-refractivity contribution in [3.8, 4) is 0 Å². The zero-order valence-corrected chi connectivity index (χ0v) is 11.1. The van der Waals surface area contributed by atoms with E-state index in [-0.39, 0.29) is 11.9 Å². The van der Waals surface area contributed by atoms with E-state index in [2.05, 4.69) is 9.72 Å². The average molecular weight is 257 g/mol. The lowest BCUT2D eigenvalue weighted by Gasteiger charge is -2.19. The van der Waals surface area contributed by atoms with Gasteiger partial charge in [0, 0.05) is 19.3 Å². The van der Waals surface area contributed by atoms with Gasteiger partial charge in [-0.15, -0.1) is 0 Å². The van der Waals surface area contributed by atoms with Gasteiger partial charge in [-0.25, -0.2) is 4.98 Å². The SMILES string of the molecule is COC(=O)C(C)CN(C)Cc1ccnc(Cl)c1. The molecule has 0 bridgehead atoms. The van der Waals surface area contributed by atoms with Gasteiger partial charge in [0.05, 0.1) is 13.0 Å². The number of hydrogen-bond donors (Lipinski definition) is 0. The molecule has 1 atom stereocenters. The third-order valence-electron chi connectivity index (χ3n) is 2.43. The Hall–Kier alpha value is -1.13. The van der Waals surface area contributed by atoms with E-state index in [4.69, 9.17) is 11.6 Å². The van der Waals surface area contributed by atoms with Crippen LogP contribution in [0, 0.1) is 5.92 Å². The minimum absolute atomic E-state index is 0.137. The fourth-order valence-electron chi connectivity index (χ4n) is 1.66. The topological polar surface area (TPSA) is 42.4 Å². The molecule has 0 saturated heterocycles. The minimum atomic E-state index is -0.190. The third-order valence-corrected chi connectivity index (χ3v) is 2.64. The van der Waals surface area contributed by atoms with Gasteiger partial charge in [-0.3, -0.25) is 4.79 Å². The molecule has 0 aliphatic heterocycles. The molecule has 0 aliphatic rings. The summed E-state index contributed by atoms with van der Waals surface area (Å²) in [7, 11) is 3.36. The number of hydrogen-bond acceptors (Lipinski definition) is 4. The zero-order chi connectivity index (χ0) is 12.8. The number of rotatable bonds is 5. The van der Waals surface area contributed by atoms with Crippen LogP contribution in [0.3, 0.4) is 0 Å². The van der Waals surface area contributed by atoms with Gasteiger partial charge in [-0.1, -0.05) is 18.5 Å². The molecule has 17 heavy (non-hydrogen) atoms. The molecule has 0 radical (unpaired) electrons. The van der Waals surface area contributed by atoms with Crippen LogP contribution in [0.2, 0.25) is 5.15 Å². The van der Waals surface area contributed by atoms with Crippen molar-refractivity contribution in [3.63, 3.8) is 0 Å². The van der Waals surface area contributed by atoms with Crippen molar-refractivity contribution >= 4 is 17.6 Å². The van der Waals surface area contributed by atoms with E-state index in [1.807, 2.05) is 31.0 Å². The van der Waals surface area contributed by atoms with Crippen LogP contribution in [-0.2, 0) is 16.1 Å². The molecule has 0 amide bonds. The van der Waals surface area contributed by atoms with E-state index in [9.17, 15) is 4.79 Å². The molecule has 4 nitrogen and oxygen atoms in total. The molecule has 0 aromatic carbocycles. The predicted molar refractivity (Wildman–Crippen MR) is 66.8 cm³/mol. The van der Waals surface area contributed by atoms with Crippen LogP contribution >= 0.6 is 11.6 Å². The summed E-state index contributed by atoms with van der Waals surface area (Å²) < 4.78 is 4.69. The predicted octanol–water partition coefficient (Wildman–Crippen LogP) is 1.98. The molecular formula is C12H17ClN2O2. The lowest BCUT2D eigenvalue weighted by molar-refractivity contribution is -0.145. The number of carbonyl (C=O) groups excluding carboxylic acids is 1. The highest BCUT2D eigenvalue weighted by Crippen LogP contribution is 2.10. The highest BCUT2D eigenvalue weighted by atomic mass is 35.5.